The molecule has 0 radical (unpaired) electrons. The molecule has 0 spiro atoms. The van der Waals surface area contributed by atoms with Gasteiger partial charge in [0.15, 0.2) is 0 Å². The Bertz CT molecular complexity index is 545. The number of hydrogen-bond donors (Lipinski definition) is 2. The lowest BCUT2D eigenvalue weighted by Crippen LogP contribution is -2.49. The molecule has 1 fully saturated rings. The molecule has 2 rings (SSSR count). The summed E-state index contributed by atoms with van der Waals surface area (Å²) in [6.07, 6.45) is 0. The van der Waals surface area contributed by atoms with Gasteiger partial charge in [-0.15, -0.1) is 0 Å². The van der Waals surface area contributed by atoms with Gasteiger partial charge in [-0.3, -0.25) is 4.79 Å². The molecule has 108 valence electrons. The molecular formula is C10H18N4O3S2. The molecular weight excluding hydrogens is 288 g/mol. The summed E-state index contributed by atoms with van der Waals surface area (Å²) in [5.74, 6) is -0.0227. The summed E-state index contributed by atoms with van der Waals surface area (Å²) in [6, 6.07) is 0. The fourth-order valence-electron chi connectivity index (χ4n) is 2.52. The van der Waals surface area contributed by atoms with Gasteiger partial charge < -0.3 is 0 Å². The van der Waals surface area contributed by atoms with E-state index in [1.54, 1.807) is 0 Å². The zero-order valence-corrected chi connectivity index (χ0v) is 12.9. The minimum absolute atomic E-state index is 0.120. The Kier molecular flexibility index (Phi) is 3.15. The van der Waals surface area contributed by atoms with E-state index < -0.39 is 20.1 Å². The Morgan fingerprint density at radius 1 is 1.47 bits per heavy atom. The zero-order chi connectivity index (χ0) is 14.6. The fourth-order valence-corrected chi connectivity index (χ4v) is 4.16. The number of hydrazone groups is 1. The van der Waals surface area contributed by atoms with Crippen LogP contribution < -0.4 is 10.6 Å². The number of thioether (sulfide) groups is 1. The first-order valence-corrected chi connectivity index (χ1v) is 8.38. The minimum atomic E-state index is -3.82. The molecule has 1 aliphatic carbocycles. The van der Waals surface area contributed by atoms with Crippen LogP contribution in [0.4, 0.5) is 0 Å². The molecule has 1 heterocycles. The second-order valence-electron chi connectivity index (χ2n) is 5.68. The van der Waals surface area contributed by atoms with E-state index in [0.29, 0.717) is 0 Å². The van der Waals surface area contributed by atoms with Crippen LogP contribution in [-0.4, -0.2) is 29.7 Å². The van der Waals surface area contributed by atoms with Gasteiger partial charge in [-0.1, -0.05) is 32.5 Å². The third kappa shape index (κ3) is 2.03. The highest BCUT2D eigenvalue weighted by Gasteiger charge is 2.70. The average molecular weight is 306 g/mol. The van der Waals surface area contributed by atoms with Crippen molar-refractivity contribution < 1.29 is 13.2 Å². The molecule has 3 unspecified atom stereocenters. The highest BCUT2D eigenvalue weighted by Crippen LogP contribution is 2.68. The molecule has 1 aliphatic heterocycles. The maximum atomic E-state index is 12.3. The monoisotopic (exact) mass is 306 g/mol. The molecule has 1 saturated carbocycles. The Hall–Kier alpha value is -0.800. The molecule has 19 heavy (non-hydrogen) atoms. The second-order valence-corrected chi connectivity index (χ2v) is 8.54. The van der Waals surface area contributed by atoms with Crippen molar-refractivity contribution >= 4 is 33.2 Å². The Morgan fingerprint density at radius 2 is 2.00 bits per heavy atom. The molecule has 2 aliphatic rings. The number of hydrazine groups is 1. The van der Waals surface area contributed by atoms with Crippen molar-refractivity contribution in [2.75, 3.05) is 0 Å². The smallest absolute Gasteiger partial charge is 0.246 e. The van der Waals surface area contributed by atoms with Gasteiger partial charge in [-0.05, 0) is 18.3 Å². The maximum absolute atomic E-state index is 12.3. The third-order valence-corrected chi connectivity index (χ3v) is 7.27. The predicted molar refractivity (Wildman–Crippen MR) is 74.0 cm³/mol. The first kappa shape index (κ1) is 14.6. The molecule has 3 N–H and O–H groups in total. The van der Waals surface area contributed by atoms with Gasteiger partial charge in [0.25, 0.3) is 0 Å². The SMILES string of the molecule is CC1C(C)(C)C1(C)C(=O)NN1N=CSC1S(N)(=O)=O. The summed E-state index contributed by atoms with van der Waals surface area (Å²) in [7, 11) is -3.82. The fraction of sp³-hybridized carbons (Fsp3) is 0.800. The van der Waals surface area contributed by atoms with Crippen molar-refractivity contribution in [1.82, 2.24) is 10.5 Å². The van der Waals surface area contributed by atoms with E-state index in [4.69, 9.17) is 5.14 Å². The van der Waals surface area contributed by atoms with Gasteiger partial charge in [0, 0.05) is 0 Å². The van der Waals surface area contributed by atoms with Crippen LogP contribution in [-0.2, 0) is 14.8 Å². The van der Waals surface area contributed by atoms with Gasteiger partial charge >= 0.3 is 0 Å². The van der Waals surface area contributed by atoms with E-state index in [1.807, 2.05) is 27.7 Å². The number of nitrogens with one attached hydrogen (secondary N) is 1. The molecule has 3 atom stereocenters. The summed E-state index contributed by atoms with van der Waals surface area (Å²) >= 11 is 0.938. The number of rotatable bonds is 3. The molecule has 0 aromatic rings. The van der Waals surface area contributed by atoms with E-state index in [2.05, 4.69) is 10.5 Å². The number of nitrogens with zero attached hydrogens (tertiary/aromatic N) is 2. The summed E-state index contributed by atoms with van der Waals surface area (Å²) in [5.41, 5.74) is 3.24. The largest absolute Gasteiger partial charge is 0.273 e. The van der Waals surface area contributed by atoms with Crippen LogP contribution in [0.25, 0.3) is 0 Å². The predicted octanol–water partition coefficient (Wildman–Crippen LogP) is 0.264. The second kappa shape index (κ2) is 4.10. The van der Waals surface area contributed by atoms with Crippen LogP contribution in [0.15, 0.2) is 5.10 Å². The summed E-state index contributed by atoms with van der Waals surface area (Å²) in [6.45, 7) is 7.89. The number of nitrogens with two attached hydrogens (primary N) is 1. The van der Waals surface area contributed by atoms with Gasteiger partial charge in [0.1, 0.15) is 0 Å². The lowest BCUT2D eigenvalue weighted by molar-refractivity contribution is -0.132. The topological polar surface area (TPSA) is 105 Å². The van der Waals surface area contributed by atoms with Crippen molar-refractivity contribution in [2.45, 2.75) is 32.4 Å². The number of sulfonamides is 1. The van der Waals surface area contributed by atoms with Gasteiger partial charge in [0.2, 0.25) is 20.6 Å². The molecule has 1 amide bonds. The number of primary sulfonamides is 1. The Morgan fingerprint density at radius 3 is 2.42 bits per heavy atom. The number of hydrogen-bond acceptors (Lipinski definition) is 6. The summed E-state index contributed by atoms with van der Waals surface area (Å²) in [4.78, 5) is 12.3. The van der Waals surface area contributed by atoms with Crippen LogP contribution in [0.2, 0.25) is 0 Å². The van der Waals surface area contributed by atoms with Crippen molar-refractivity contribution in [1.29, 1.82) is 0 Å². The summed E-state index contributed by atoms with van der Waals surface area (Å²) < 4.78 is 21.6. The lowest BCUT2D eigenvalue weighted by atomic mass is 9.98. The van der Waals surface area contributed by atoms with E-state index in [1.165, 1.54) is 5.55 Å². The van der Waals surface area contributed by atoms with Crippen LogP contribution in [0.1, 0.15) is 27.7 Å². The normalized spacial score (nSPS) is 36.4. The first-order chi connectivity index (χ1) is 8.53. The summed E-state index contributed by atoms with van der Waals surface area (Å²) in [5, 5.41) is 9.92. The van der Waals surface area contributed by atoms with Gasteiger partial charge in [-0.2, -0.15) is 10.2 Å². The maximum Gasteiger partial charge on any atom is 0.246 e. The van der Waals surface area contributed by atoms with Gasteiger partial charge in [-0.25, -0.2) is 19.0 Å². The number of carbonyl (C=O) groups excluding carboxylic acids is 1. The number of carbonyl (C=O) groups is 1. The average Bonchev–Trinajstić information content (AvgIpc) is 2.70. The van der Waals surface area contributed by atoms with Crippen LogP contribution >= 0.6 is 11.8 Å². The van der Waals surface area contributed by atoms with Crippen LogP contribution in [0, 0.1) is 16.7 Å². The van der Waals surface area contributed by atoms with Gasteiger partial charge in [0.05, 0.1) is 11.0 Å². The van der Waals surface area contributed by atoms with Crippen molar-refractivity contribution in [3.05, 3.63) is 0 Å². The highest BCUT2D eigenvalue weighted by molar-refractivity contribution is 8.21. The van der Waals surface area contributed by atoms with E-state index in [9.17, 15) is 13.2 Å². The number of amides is 1. The molecule has 9 heteroatoms. The zero-order valence-electron chi connectivity index (χ0n) is 11.2. The van der Waals surface area contributed by atoms with Crippen molar-refractivity contribution in [3.63, 3.8) is 0 Å². The minimum Gasteiger partial charge on any atom is -0.273 e. The van der Waals surface area contributed by atoms with E-state index in [-0.39, 0.29) is 17.2 Å². The molecule has 0 aromatic carbocycles. The molecule has 7 nitrogen and oxygen atoms in total. The molecule has 0 saturated heterocycles. The quantitative estimate of drug-likeness (QED) is 0.778. The Labute approximate surface area is 117 Å². The van der Waals surface area contributed by atoms with Crippen molar-refractivity contribution in [3.8, 4) is 0 Å². The van der Waals surface area contributed by atoms with Crippen LogP contribution in [0.3, 0.4) is 0 Å². The Balaban J connectivity index is 2.11. The molecule has 0 bridgehead atoms. The lowest BCUT2D eigenvalue weighted by Gasteiger charge is -2.24. The third-order valence-electron chi connectivity index (χ3n) is 4.72. The van der Waals surface area contributed by atoms with Crippen molar-refractivity contribution in [2.24, 2.45) is 27.0 Å². The standard InChI is InChI=1S/C10H18N4O3S2/c1-6-9(2,3)10(6,4)7(15)13-14-8(18-5-12-14)19(11,16)17/h5-6,8H,1-4H3,(H,13,15)(H2,11,16,17). The molecule has 0 aromatic heterocycles. The first-order valence-electron chi connectivity index (χ1n) is 5.82. The van der Waals surface area contributed by atoms with Crippen LogP contribution in [0.5, 0.6) is 0 Å². The van der Waals surface area contributed by atoms with E-state index >= 15 is 0 Å². The van der Waals surface area contributed by atoms with E-state index in [0.717, 1.165) is 16.9 Å². The highest BCUT2D eigenvalue weighted by atomic mass is 32.3.